The van der Waals surface area contributed by atoms with E-state index in [9.17, 15) is 4.79 Å². The Kier molecular flexibility index (Phi) is 6.06. The molecule has 138 valence electrons. The first-order valence-electron chi connectivity index (χ1n) is 9.81. The maximum atomic E-state index is 12.7. The number of benzene rings is 1. The molecule has 0 aliphatic heterocycles. The molecule has 2 saturated carbocycles. The molecule has 3 aliphatic rings. The largest absolute Gasteiger partial charge is 0.353 e. The van der Waals surface area contributed by atoms with Crippen LogP contribution in [0.3, 0.4) is 0 Å². The minimum atomic E-state index is 0. The second-order valence-electron chi connectivity index (χ2n) is 8.36. The molecule has 1 aromatic rings. The van der Waals surface area contributed by atoms with Gasteiger partial charge in [-0.25, -0.2) is 0 Å². The van der Waals surface area contributed by atoms with Crippen molar-refractivity contribution in [2.45, 2.75) is 69.9 Å². The van der Waals surface area contributed by atoms with E-state index in [-0.39, 0.29) is 18.3 Å². The highest BCUT2D eigenvalue weighted by Crippen LogP contribution is 2.39. The molecular weight excluding hydrogens is 332 g/mol. The lowest BCUT2D eigenvalue weighted by Crippen LogP contribution is -2.53. The summed E-state index contributed by atoms with van der Waals surface area (Å²) in [6.45, 7) is 0. The molecule has 3 unspecified atom stereocenters. The van der Waals surface area contributed by atoms with Crippen molar-refractivity contribution in [1.82, 2.24) is 5.32 Å². The van der Waals surface area contributed by atoms with Gasteiger partial charge in [0.15, 0.2) is 0 Å². The number of amides is 1. The van der Waals surface area contributed by atoms with Crippen LogP contribution in [0.1, 0.15) is 56.1 Å². The van der Waals surface area contributed by atoms with Crippen LogP contribution in [-0.4, -0.2) is 18.0 Å². The van der Waals surface area contributed by atoms with Gasteiger partial charge in [-0.2, -0.15) is 0 Å². The molecule has 4 rings (SSSR count). The fraction of sp³-hybridized carbons (Fsp3) is 0.667. The predicted molar refractivity (Wildman–Crippen MR) is 104 cm³/mol. The average molecular weight is 363 g/mol. The molecule has 0 saturated heterocycles. The highest BCUT2D eigenvalue weighted by atomic mass is 35.5. The summed E-state index contributed by atoms with van der Waals surface area (Å²) in [6.07, 6.45) is 10.0. The Morgan fingerprint density at radius 3 is 2.48 bits per heavy atom. The molecule has 2 bridgehead atoms. The van der Waals surface area contributed by atoms with Crippen LogP contribution in [0, 0.1) is 17.8 Å². The number of nitrogens with two attached hydrogens (primary N) is 1. The summed E-state index contributed by atoms with van der Waals surface area (Å²) in [5, 5.41) is 3.42. The second kappa shape index (κ2) is 8.09. The third kappa shape index (κ3) is 4.20. The van der Waals surface area contributed by atoms with Crippen molar-refractivity contribution in [3.05, 3.63) is 35.4 Å². The highest BCUT2D eigenvalue weighted by molar-refractivity contribution is 5.85. The van der Waals surface area contributed by atoms with E-state index in [0.29, 0.717) is 36.3 Å². The van der Waals surface area contributed by atoms with Crippen LogP contribution < -0.4 is 11.1 Å². The van der Waals surface area contributed by atoms with E-state index in [2.05, 4.69) is 29.6 Å². The zero-order valence-corrected chi connectivity index (χ0v) is 15.8. The van der Waals surface area contributed by atoms with Crippen LogP contribution in [0.4, 0.5) is 0 Å². The summed E-state index contributed by atoms with van der Waals surface area (Å²) in [5.74, 6) is 2.01. The third-order valence-corrected chi connectivity index (χ3v) is 6.63. The first-order chi connectivity index (χ1) is 11.7. The van der Waals surface area contributed by atoms with Crippen LogP contribution in [0.2, 0.25) is 0 Å². The molecule has 3 nitrogen and oxygen atoms in total. The van der Waals surface area contributed by atoms with E-state index < -0.39 is 0 Å². The molecule has 0 spiro atoms. The minimum Gasteiger partial charge on any atom is -0.353 e. The van der Waals surface area contributed by atoms with Gasteiger partial charge in [-0.05, 0) is 73.8 Å². The monoisotopic (exact) mass is 362 g/mol. The molecule has 2 fully saturated rings. The standard InChI is InChI=1S/C21H30N2O.ClH/c22-19-12-17-6-3-7-18(13-19)21(17)23-20(24)11-14-8-9-15-4-1-2-5-16(15)10-14;/h1-2,4-5,14,17-19,21H,3,6-13,22H2,(H,23,24);1H. The number of rotatable bonds is 3. The van der Waals surface area contributed by atoms with Gasteiger partial charge >= 0.3 is 0 Å². The van der Waals surface area contributed by atoms with Gasteiger partial charge in [0, 0.05) is 18.5 Å². The Hall–Kier alpha value is -1.06. The molecule has 25 heavy (non-hydrogen) atoms. The Bertz CT molecular complexity index is 591. The topological polar surface area (TPSA) is 55.1 Å². The summed E-state index contributed by atoms with van der Waals surface area (Å²) in [4.78, 5) is 12.7. The summed E-state index contributed by atoms with van der Waals surface area (Å²) < 4.78 is 0. The van der Waals surface area contributed by atoms with Gasteiger partial charge in [0.2, 0.25) is 5.91 Å². The van der Waals surface area contributed by atoms with Crippen molar-refractivity contribution in [1.29, 1.82) is 0 Å². The number of carbonyl (C=O) groups excluding carboxylic acids is 1. The van der Waals surface area contributed by atoms with Crippen molar-refractivity contribution >= 4 is 18.3 Å². The second-order valence-corrected chi connectivity index (χ2v) is 8.36. The molecule has 0 radical (unpaired) electrons. The lowest BCUT2D eigenvalue weighted by Gasteiger charge is -2.45. The summed E-state index contributed by atoms with van der Waals surface area (Å²) in [5.41, 5.74) is 9.12. The fourth-order valence-corrected chi connectivity index (χ4v) is 5.48. The molecule has 3 N–H and O–H groups in total. The van der Waals surface area contributed by atoms with E-state index in [4.69, 9.17) is 5.73 Å². The van der Waals surface area contributed by atoms with Crippen LogP contribution in [0.15, 0.2) is 24.3 Å². The summed E-state index contributed by atoms with van der Waals surface area (Å²) in [6, 6.07) is 9.45. The van der Waals surface area contributed by atoms with E-state index in [1.807, 2.05) is 0 Å². The van der Waals surface area contributed by atoms with Gasteiger partial charge in [0.1, 0.15) is 0 Å². The first kappa shape index (κ1) is 18.7. The van der Waals surface area contributed by atoms with E-state index in [1.54, 1.807) is 0 Å². The van der Waals surface area contributed by atoms with E-state index >= 15 is 0 Å². The zero-order chi connectivity index (χ0) is 16.5. The number of nitrogens with one attached hydrogen (secondary N) is 1. The Balaban J connectivity index is 0.00000182. The lowest BCUT2D eigenvalue weighted by atomic mass is 9.67. The number of halogens is 1. The highest BCUT2D eigenvalue weighted by Gasteiger charge is 2.40. The molecule has 3 atom stereocenters. The van der Waals surface area contributed by atoms with Gasteiger partial charge in [-0.3, -0.25) is 4.79 Å². The first-order valence-corrected chi connectivity index (χ1v) is 9.81. The van der Waals surface area contributed by atoms with Gasteiger partial charge < -0.3 is 11.1 Å². The molecule has 3 aliphatic carbocycles. The average Bonchev–Trinajstić information content (AvgIpc) is 2.55. The lowest BCUT2D eigenvalue weighted by molar-refractivity contribution is -0.124. The van der Waals surface area contributed by atoms with E-state index in [1.165, 1.54) is 30.4 Å². The van der Waals surface area contributed by atoms with Gasteiger partial charge in [-0.15, -0.1) is 12.4 Å². The molecule has 4 heteroatoms. The number of fused-ring (bicyclic) bond motifs is 3. The molecule has 0 aromatic heterocycles. The van der Waals surface area contributed by atoms with Crippen LogP contribution in [0.25, 0.3) is 0 Å². The number of hydrogen-bond acceptors (Lipinski definition) is 2. The van der Waals surface area contributed by atoms with Gasteiger partial charge in [0.25, 0.3) is 0 Å². The molecule has 1 aromatic carbocycles. The van der Waals surface area contributed by atoms with Crippen molar-refractivity contribution in [3.63, 3.8) is 0 Å². The van der Waals surface area contributed by atoms with Crippen molar-refractivity contribution in [3.8, 4) is 0 Å². The van der Waals surface area contributed by atoms with Crippen LogP contribution in [0.5, 0.6) is 0 Å². The maximum absolute atomic E-state index is 12.7. The number of hydrogen-bond donors (Lipinski definition) is 2. The van der Waals surface area contributed by atoms with Crippen molar-refractivity contribution in [2.24, 2.45) is 23.5 Å². The fourth-order valence-electron chi connectivity index (χ4n) is 5.48. The van der Waals surface area contributed by atoms with Crippen LogP contribution in [-0.2, 0) is 17.6 Å². The van der Waals surface area contributed by atoms with E-state index in [0.717, 1.165) is 32.1 Å². The number of carbonyl (C=O) groups is 1. The minimum absolute atomic E-state index is 0. The summed E-state index contributed by atoms with van der Waals surface area (Å²) >= 11 is 0. The molecule has 1 amide bonds. The quantitative estimate of drug-likeness (QED) is 0.862. The van der Waals surface area contributed by atoms with Gasteiger partial charge in [0.05, 0.1) is 0 Å². The Morgan fingerprint density at radius 2 is 1.76 bits per heavy atom. The Labute approximate surface area is 157 Å². The Morgan fingerprint density at radius 1 is 1.08 bits per heavy atom. The maximum Gasteiger partial charge on any atom is 0.220 e. The SMILES string of the molecule is Cl.NC1CC2CCCC(C1)C2NC(=O)CC1CCc2ccccc2C1. The predicted octanol–water partition coefficient (Wildman–Crippen LogP) is 3.63. The molecular formula is C21H31ClN2O. The molecule has 0 heterocycles. The van der Waals surface area contributed by atoms with Crippen molar-refractivity contribution < 1.29 is 4.79 Å². The smallest absolute Gasteiger partial charge is 0.220 e. The third-order valence-electron chi connectivity index (χ3n) is 6.63. The summed E-state index contributed by atoms with van der Waals surface area (Å²) in [7, 11) is 0. The normalized spacial score (nSPS) is 33.7. The number of aryl methyl sites for hydroxylation is 1. The van der Waals surface area contributed by atoms with Crippen LogP contribution >= 0.6 is 12.4 Å². The van der Waals surface area contributed by atoms with Gasteiger partial charge in [-0.1, -0.05) is 30.7 Å². The van der Waals surface area contributed by atoms with Crippen molar-refractivity contribution in [2.75, 3.05) is 0 Å². The zero-order valence-electron chi connectivity index (χ0n) is 15.0.